The molecule has 0 aliphatic heterocycles. The van der Waals surface area contributed by atoms with E-state index < -0.39 is 20.8 Å². The molecule has 0 N–H and O–H groups in total. The number of carbonyl (C=O) groups is 2. The number of hydrogen-bond acceptors (Lipinski definition) is 6. The molecular weight excluding hydrogens is 366 g/mol. The standard InChI is InChI=1S/C16H18ClN3O4S/c1-19(2)8-3-9-25(23,24)16-18-10-14(20(16)11-21)15(22)12-4-6-13(17)7-5-12/h4-7,10-11H,3,8-9H2,1-2H3. The van der Waals surface area contributed by atoms with E-state index in [9.17, 15) is 18.0 Å². The third-order valence-corrected chi connectivity index (χ3v) is 5.44. The van der Waals surface area contributed by atoms with Crippen molar-refractivity contribution in [3.8, 4) is 0 Å². The lowest BCUT2D eigenvalue weighted by Gasteiger charge is -2.09. The Morgan fingerprint density at radius 2 is 1.92 bits per heavy atom. The Kier molecular flexibility index (Phi) is 6.10. The van der Waals surface area contributed by atoms with Crippen molar-refractivity contribution in [3.63, 3.8) is 0 Å². The van der Waals surface area contributed by atoms with Gasteiger partial charge in [0.25, 0.3) is 0 Å². The van der Waals surface area contributed by atoms with Crippen molar-refractivity contribution in [1.82, 2.24) is 14.5 Å². The molecule has 0 fully saturated rings. The number of aromatic nitrogens is 2. The third-order valence-electron chi connectivity index (χ3n) is 3.50. The highest BCUT2D eigenvalue weighted by molar-refractivity contribution is 7.91. The largest absolute Gasteiger partial charge is 0.309 e. The lowest BCUT2D eigenvalue weighted by Crippen LogP contribution is -2.20. The van der Waals surface area contributed by atoms with Crippen molar-refractivity contribution in [2.45, 2.75) is 11.6 Å². The molecule has 0 amide bonds. The number of nitrogens with zero attached hydrogens (tertiary/aromatic N) is 3. The molecule has 7 nitrogen and oxygen atoms in total. The van der Waals surface area contributed by atoms with E-state index in [1.54, 1.807) is 0 Å². The van der Waals surface area contributed by atoms with Gasteiger partial charge in [-0.2, -0.15) is 0 Å². The Balaban J connectivity index is 2.33. The molecule has 0 saturated carbocycles. The summed E-state index contributed by atoms with van der Waals surface area (Å²) in [7, 11) is -0.109. The monoisotopic (exact) mass is 383 g/mol. The summed E-state index contributed by atoms with van der Waals surface area (Å²) in [6.45, 7) is 0.581. The number of sulfone groups is 1. The molecule has 25 heavy (non-hydrogen) atoms. The van der Waals surface area contributed by atoms with Crippen LogP contribution in [0.1, 0.15) is 22.5 Å². The predicted octanol–water partition coefficient (Wildman–Crippen LogP) is 1.53. The normalized spacial score (nSPS) is 11.7. The molecule has 9 heteroatoms. The van der Waals surface area contributed by atoms with E-state index >= 15 is 0 Å². The first-order chi connectivity index (χ1) is 11.8. The Hall–Kier alpha value is -2.03. The number of ketones is 1. The second-order valence-corrected chi connectivity index (χ2v) is 8.15. The molecule has 2 rings (SSSR count). The molecule has 0 aliphatic rings. The number of halogens is 1. The van der Waals surface area contributed by atoms with Gasteiger partial charge in [-0.05, 0) is 51.3 Å². The molecule has 1 aromatic heterocycles. The molecule has 1 aromatic carbocycles. The van der Waals surface area contributed by atoms with Crippen LogP contribution >= 0.6 is 11.6 Å². The maximum absolute atomic E-state index is 12.5. The minimum absolute atomic E-state index is 0.108. The Morgan fingerprint density at radius 1 is 1.28 bits per heavy atom. The van der Waals surface area contributed by atoms with Gasteiger partial charge in [0.05, 0.1) is 11.9 Å². The molecule has 0 saturated heterocycles. The first-order valence-corrected chi connectivity index (χ1v) is 9.49. The van der Waals surface area contributed by atoms with E-state index in [0.29, 0.717) is 18.0 Å². The molecule has 0 unspecified atom stereocenters. The third kappa shape index (κ3) is 4.53. The van der Waals surface area contributed by atoms with E-state index in [1.807, 2.05) is 19.0 Å². The summed E-state index contributed by atoms with van der Waals surface area (Å²) >= 11 is 5.79. The van der Waals surface area contributed by atoms with Gasteiger partial charge in [0, 0.05) is 10.6 Å². The zero-order valence-electron chi connectivity index (χ0n) is 13.8. The lowest BCUT2D eigenvalue weighted by atomic mass is 10.1. The minimum atomic E-state index is -3.78. The van der Waals surface area contributed by atoms with Crippen LogP contribution in [-0.2, 0) is 14.6 Å². The highest BCUT2D eigenvalue weighted by Gasteiger charge is 2.26. The van der Waals surface area contributed by atoms with Crippen LogP contribution < -0.4 is 0 Å². The highest BCUT2D eigenvalue weighted by Crippen LogP contribution is 2.17. The smallest absolute Gasteiger partial charge is 0.234 e. The van der Waals surface area contributed by atoms with E-state index in [2.05, 4.69) is 4.98 Å². The summed E-state index contributed by atoms with van der Waals surface area (Å²) in [5.74, 6) is -0.670. The maximum Gasteiger partial charge on any atom is 0.234 e. The summed E-state index contributed by atoms with van der Waals surface area (Å²) < 4.78 is 25.6. The predicted molar refractivity (Wildman–Crippen MR) is 94.5 cm³/mol. The van der Waals surface area contributed by atoms with Crippen LogP contribution in [-0.4, -0.2) is 61.5 Å². The Labute approximate surface area is 151 Å². The first kappa shape index (κ1) is 19.3. The molecule has 0 spiro atoms. The van der Waals surface area contributed by atoms with Crippen LogP contribution in [0.15, 0.2) is 35.6 Å². The topological polar surface area (TPSA) is 89.3 Å². The fourth-order valence-electron chi connectivity index (χ4n) is 2.26. The average Bonchev–Trinajstić information content (AvgIpc) is 2.99. The van der Waals surface area contributed by atoms with Crippen LogP contribution in [0.4, 0.5) is 0 Å². The van der Waals surface area contributed by atoms with Gasteiger partial charge in [0.15, 0.2) is 0 Å². The second-order valence-electron chi connectivity index (χ2n) is 5.71. The Bertz CT molecular complexity index is 873. The minimum Gasteiger partial charge on any atom is -0.309 e. The molecule has 0 atom stereocenters. The SMILES string of the molecule is CN(C)CCCS(=O)(=O)c1ncc(C(=O)c2ccc(Cl)cc2)n1C=O. The van der Waals surface area contributed by atoms with Crippen LogP contribution in [0.5, 0.6) is 0 Å². The van der Waals surface area contributed by atoms with Crippen molar-refractivity contribution in [3.05, 3.63) is 46.7 Å². The summed E-state index contributed by atoms with van der Waals surface area (Å²) in [6.07, 6.45) is 1.78. The summed E-state index contributed by atoms with van der Waals surface area (Å²) in [6, 6.07) is 6.07. The van der Waals surface area contributed by atoms with Gasteiger partial charge >= 0.3 is 0 Å². The van der Waals surface area contributed by atoms with E-state index in [0.717, 1.165) is 10.8 Å². The molecular formula is C16H18ClN3O4S. The lowest BCUT2D eigenvalue weighted by molar-refractivity contribution is 0.103. The van der Waals surface area contributed by atoms with E-state index in [1.165, 1.54) is 24.3 Å². The number of imidazole rings is 1. The van der Waals surface area contributed by atoms with Gasteiger partial charge in [-0.1, -0.05) is 11.6 Å². The van der Waals surface area contributed by atoms with E-state index in [4.69, 9.17) is 11.6 Å². The molecule has 134 valence electrons. The van der Waals surface area contributed by atoms with E-state index in [-0.39, 0.29) is 23.4 Å². The van der Waals surface area contributed by atoms with Gasteiger partial charge in [-0.15, -0.1) is 0 Å². The molecule has 0 radical (unpaired) electrons. The number of benzene rings is 1. The van der Waals surface area contributed by atoms with Gasteiger partial charge in [0.2, 0.25) is 27.2 Å². The number of carbonyl (C=O) groups excluding carboxylic acids is 2. The average molecular weight is 384 g/mol. The first-order valence-electron chi connectivity index (χ1n) is 7.46. The van der Waals surface area contributed by atoms with Crippen molar-refractivity contribution in [2.24, 2.45) is 0 Å². The van der Waals surface area contributed by atoms with Crippen molar-refractivity contribution in [1.29, 1.82) is 0 Å². The molecule has 0 aliphatic carbocycles. The van der Waals surface area contributed by atoms with Crippen molar-refractivity contribution < 1.29 is 18.0 Å². The van der Waals surface area contributed by atoms with Crippen molar-refractivity contribution >= 4 is 33.6 Å². The zero-order chi connectivity index (χ0) is 18.6. The summed E-state index contributed by atoms with van der Waals surface area (Å²) in [5.41, 5.74) is 0.174. The van der Waals surface area contributed by atoms with Crippen LogP contribution in [0.2, 0.25) is 5.02 Å². The molecule has 1 heterocycles. The second kappa shape index (κ2) is 7.90. The van der Waals surface area contributed by atoms with Gasteiger partial charge in [-0.3, -0.25) is 14.2 Å². The van der Waals surface area contributed by atoms with Crippen LogP contribution in [0.3, 0.4) is 0 Å². The maximum atomic E-state index is 12.5. The highest BCUT2D eigenvalue weighted by atomic mass is 35.5. The molecule has 0 bridgehead atoms. The van der Waals surface area contributed by atoms with Gasteiger partial charge in [0.1, 0.15) is 5.69 Å². The fourth-order valence-corrected chi connectivity index (χ4v) is 3.73. The summed E-state index contributed by atoms with van der Waals surface area (Å²) in [5, 5.41) is 0.0446. The van der Waals surface area contributed by atoms with Gasteiger partial charge < -0.3 is 4.90 Å². The molecule has 2 aromatic rings. The number of hydrogen-bond donors (Lipinski definition) is 0. The van der Waals surface area contributed by atoms with Gasteiger partial charge in [-0.25, -0.2) is 13.4 Å². The Morgan fingerprint density at radius 3 is 2.48 bits per heavy atom. The zero-order valence-corrected chi connectivity index (χ0v) is 15.4. The van der Waals surface area contributed by atoms with Crippen LogP contribution in [0, 0.1) is 0 Å². The van der Waals surface area contributed by atoms with Crippen molar-refractivity contribution in [2.75, 3.05) is 26.4 Å². The quantitative estimate of drug-likeness (QED) is 0.507. The number of rotatable bonds is 8. The fraction of sp³-hybridized carbons (Fsp3) is 0.312. The summed E-state index contributed by atoms with van der Waals surface area (Å²) in [4.78, 5) is 29.6. The van der Waals surface area contributed by atoms with Crippen LogP contribution in [0.25, 0.3) is 0 Å².